The van der Waals surface area contributed by atoms with Gasteiger partial charge in [0.2, 0.25) is 0 Å². The van der Waals surface area contributed by atoms with Crippen molar-refractivity contribution in [2.75, 3.05) is 6.54 Å². The van der Waals surface area contributed by atoms with Gasteiger partial charge >= 0.3 is 0 Å². The van der Waals surface area contributed by atoms with Gasteiger partial charge < -0.3 is 10.4 Å². The summed E-state index contributed by atoms with van der Waals surface area (Å²) in [4.78, 5) is 4.45. The van der Waals surface area contributed by atoms with Gasteiger partial charge in [0.15, 0.2) is 0 Å². The topological polar surface area (TPSA) is 45.1 Å². The van der Waals surface area contributed by atoms with Crippen LogP contribution < -0.4 is 5.32 Å². The molecule has 0 bridgehead atoms. The summed E-state index contributed by atoms with van der Waals surface area (Å²) in [5.74, 6) is 0.565. The molecule has 2 rings (SSSR count). The molecular weight excluding hydrogens is 280 g/mol. The Labute approximate surface area is 131 Å². The van der Waals surface area contributed by atoms with Crippen LogP contribution in [-0.2, 0) is 5.60 Å². The quantitative estimate of drug-likeness (QED) is 0.819. The molecule has 0 unspecified atom stereocenters. The fraction of sp³-hybridized carbons (Fsp3) is 0.471. The Kier molecular flexibility index (Phi) is 5.51. The molecule has 0 saturated heterocycles. The molecule has 0 saturated carbocycles. The van der Waals surface area contributed by atoms with Crippen LogP contribution in [0, 0.1) is 5.92 Å². The van der Waals surface area contributed by atoms with Crippen LogP contribution in [0.15, 0.2) is 41.2 Å². The number of hydrogen-bond donors (Lipinski definition) is 2. The van der Waals surface area contributed by atoms with E-state index in [9.17, 15) is 5.11 Å². The van der Waals surface area contributed by atoms with Gasteiger partial charge in [-0.25, -0.2) is 0 Å². The van der Waals surface area contributed by atoms with E-state index in [1.165, 1.54) is 0 Å². The molecule has 2 atom stereocenters. The molecule has 0 radical (unpaired) electrons. The molecule has 0 aliphatic rings. The molecule has 0 fully saturated rings. The Morgan fingerprint density at radius 1 is 1.33 bits per heavy atom. The highest BCUT2D eigenvalue weighted by atomic mass is 32.1. The third kappa shape index (κ3) is 4.63. The maximum atomic E-state index is 10.6. The average Bonchev–Trinajstić information content (AvgIpc) is 2.99. The molecule has 2 aromatic rings. The highest BCUT2D eigenvalue weighted by molar-refractivity contribution is 7.08. The minimum Gasteiger partial charge on any atom is -0.384 e. The molecule has 2 heterocycles. The molecule has 0 aliphatic heterocycles. The third-order valence-corrected chi connectivity index (χ3v) is 4.27. The minimum atomic E-state index is -0.857. The zero-order chi connectivity index (χ0) is 15.3. The predicted octanol–water partition coefficient (Wildman–Crippen LogP) is 3.73. The largest absolute Gasteiger partial charge is 0.384 e. The molecular formula is C17H24N2OS. The Morgan fingerprint density at radius 2 is 2.14 bits per heavy atom. The van der Waals surface area contributed by atoms with Gasteiger partial charge in [0, 0.05) is 18.8 Å². The molecule has 2 N–H and O–H groups in total. The first-order valence-corrected chi connectivity index (χ1v) is 8.32. The van der Waals surface area contributed by atoms with Crippen molar-refractivity contribution in [2.45, 2.75) is 38.8 Å². The second-order valence-corrected chi connectivity index (χ2v) is 6.88. The van der Waals surface area contributed by atoms with Crippen molar-refractivity contribution < 1.29 is 5.11 Å². The molecule has 0 aliphatic carbocycles. The van der Waals surface area contributed by atoms with Gasteiger partial charge in [0.25, 0.3) is 0 Å². The highest BCUT2D eigenvalue weighted by Crippen LogP contribution is 2.25. The third-order valence-electron chi connectivity index (χ3n) is 3.59. The van der Waals surface area contributed by atoms with Crippen molar-refractivity contribution in [2.24, 2.45) is 5.92 Å². The van der Waals surface area contributed by atoms with Crippen LogP contribution in [0.25, 0.3) is 0 Å². The van der Waals surface area contributed by atoms with E-state index in [2.05, 4.69) is 24.1 Å². The fourth-order valence-electron chi connectivity index (χ4n) is 2.36. The Balaban J connectivity index is 2.06. The lowest BCUT2D eigenvalue weighted by Gasteiger charge is -2.27. The Hall–Kier alpha value is -1.23. The lowest BCUT2D eigenvalue weighted by atomic mass is 9.96. The van der Waals surface area contributed by atoms with Crippen LogP contribution in [0.1, 0.15) is 44.5 Å². The van der Waals surface area contributed by atoms with Crippen LogP contribution in [0.2, 0.25) is 0 Å². The number of thiophene rings is 1. The molecule has 114 valence electrons. The van der Waals surface area contributed by atoms with Gasteiger partial charge in [-0.05, 0) is 53.8 Å². The normalized spacial score (nSPS) is 15.9. The monoisotopic (exact) mass is 304 g/mol. The van der Waals surface area contributed by atoms with Crippen molar-refractivity contribution in [3.63, 3.8) is 0 Å². The van der Waals surface area contributed by atoms with Crippen molar-refractivity contribution in [1.82, 2.24) is 10.3 Å². The second-order valence-electron chi connectivity index (χ2n) is 6.10. The van der Waals surface area contributed by atoms with Gasteiger partial charge in [-0.2, -0.15) is 11.3 Å². The summed E-state index contributed by atoms with van der Waals surface area (Å²) in [6.45, 7) is 6.77. The lowest BCUT2D eigenvalue weighted by molar-refractivity contribution is 0.0531. The van der Waals surface area contributed by atoms with Crippen LogP contribution in [0.5, 0.6) is 0 Å². The van der Waals surface area contributed by atoms with Crippen LogP contribution in [-0.4, -0.2) is 16.6 Å². The smallest absolute Gasteiger partial charge is 0.100 e. The molecule has 3 nitrogen and oxygen atoms in total. The summed E-state index contributed by atoms with van der Waals surface area (Å²) in [6.07, 6.45) is 2.82. The number of nitrogens with one attached hydrogen (secondary N) is 1. The van der Waals surface area contributed by atoms with Crippen LogP contribution >= 0.6 is 11.3 Å². The summed E-state index contributed by atoms with van der Waals surface area (Å²) >= 11 is 1.61. The molecule has 4 heteroatoms. The van der Waals surface area contributed by atoms with Crippen molar-refractivity contribution in [1.29, 1.82) is 0 Å². The minimum absolute atomic E-state index is 0.163. The van der Waals surface area contributed by atoms with E-state index < -0.39 is 5.60 Å². The SMILES string of the molecule is CC(C)C[C@@H](NC[C@@](C)(O)c1ccsc1)c1ccccn1. The van der Waals surface area contributed by atoms with Gasteiger partial charge in [-0.1, -0.05) is 19.9 Å². The fourth-order valence-corrected chi connectivity index (χ4v) is 3.14. The number of aromatic nitrogens is 1. The maximum Gasteiger partial charge on any atom is 0.100 e. The zero-order valence-electron chi connectivity index (χ0n) is 12.9. The van der Waals surface area contributed by atoms with Crippen molar-refractivity contribution in [3.05, 3.63) is 52.5 Å². The number of pyridine rings is 1. The predicted molar refractivity (Wildman–Crippen MR) is 88.3 cm³/mol. The zero-order valence-corrected chi connectivity index (χ0v) is 13.7. The van der Waals surface area contributed by atoms with E-state index in [0.717, 1.165) is 17.7 Å². The molecule has 0 amide bonds. The van der Waals surface area contributed by atoms with E-state index in [4.69, 9.17) is 0 Å². The van der Waals surface area contributed by atoms with E-state index in [1.54, 1.807) is 11.3 Å². The lowest BCUT2D eigenvalue weighted by Crippen LogP contribution is -2.37. The summed E-state index contributed by atoms with van der Waals surface area (Å²) in [6, 6.07) is 8.12. The first-order valence-electron chi connectivity index (χ1n) is 7.38. The Bertz CT molecular complexity index is 523. The number of nitrogens with zero attached hydrogens (tertiary/aromatic N) is 1. The summed E-state index contributed by atoms with van der Waals surface area (Å²) in [7, 11) is 0. The summed E-state index contributed by atoms with van der Waals surface area (Å²) < 4.78 is 0. The molecule has 2 aromatic heterocycles. The van der Waals surface area contributed by atoms with Gasteiger partial charge in [0.05, 0.1) is 5.69 Å². The molecule has 0 aromatic carbocycles. The molecule has 21 heavy (non-hydrogen) atoms. The first kappa shape index (κ1) is 16.1. The van der Waals surface area contributed by atoms with Crippen LogP contribution in [0.4, 0.5) is 0 Å². The Morgan fingerprint density at radius 3 is 2.71 bits per heavy atom. The highest BCUT2D eigenvalue weighted by Gasteiger charge is 2.25. The molecule has 0 spiro atoms. The van der Waals surface area contributed by atoms with E-state index >= 15 is 0 Å². The van der Waals surface area contributed by atoms with Crippen molar-refractivity contribution in [3.8, 4) is 0 Å². The van der Waals surface area contributed by atoms with Gasteiger partial charge in [-0.3, -0.25) is 4.98 Å². The number of aliphatic hydroxyl groups is 1. The number of rotatable bonds is 7. The number of hydrogen-bond acceptors (Lipinski definition) is 4. The van der Waals surface area contributed by atoms with E-state index in [-0.39, 0.29) is 6.04 Å². The standard InChI is InChI=1S/C17H24N2OS/c1-13(2)10-16(15-6-4-5-8-18-15)19-12-17(3,20)14-7-9-21-11-14/h4-9,11,13,16,19-20H,10,12H2,1-3H3/t16-,17-/m1/s1. The van der Waals surface area contributed by atoms with E-state index in [1.807, 2.05) is 48.1 Å². The summed E-state index contributed by atoms with van der Waals surface area (Å²) in [5, 5.41) is 18.1. The van der Waals surface area contributed by atoms with Crippen LogP contribution in [0.3, 0.4) is 0 Å². The average molecular weight is 304 g/mol. The van der Waals surface area contributed by atoms with Gasteiger partial charge in [0.1, 0.15) is 5.60 Å². The first-order chi connectivity index (χ1) is 9.99. The second kappa shape index (κ2) is 7.16. The summed E-state index contributed by atoms with van der Waals surface area (Å²) in [5.41, 5.74) is 1.14. The van der Waals surface area contributed by atoms with Gasteiger partial charge in [-0.15, -0.1) is 0 Å². The maximum absolute atomic E-state index is 10.6. The van der Waals surface area contributed by atoms with Crippen molar-refractivity contribution >= 4 is 11.3 Å². The van der Waals surface area contributed by atoms with E-state index in [0.29, 0.717) is 12.5 Å².